The van der Waals surface area contributed by atoms with Gasteiger partial charge in [-0.2, -0.15) is 0 Å². The fraction of sp³-hybridized carbons (Fsp3) is 0.556. The van der Waals surface area contributed by atoms with Crippen LogP contribution in [0, 0.1) is 29.0 Å². The largest absolute Gasteiger partial charge is 0.493 e. The van der Waals surface area contributed by atoms with E-state index >= 15 is 0 Å². The number of hydrogen-bond donors (Lipinski definition) is 1. The molecule has 172 valence electrons. The molecule has 1 N–H and O–H groups in total. The summed E-state index contributed by atoms with van der Waals surface area (Å²) in [6.45, 7) is 3.44. The second-order valence-corrected chi connectivity index (χ2v) is 10.8. The summed E-state index contributed by atoms with van der Waals surface area (Å²) in [5.41, 5.74) is 2.44. The Morgan fingerprint density at radius 3 is 2.25 bits per heavy atom. The van der Waals surface area contributed by atoms with Crippen molar-refractivity contribution in [3.63, 3.8) is 0 Å². The summed E-state index contributed by atoms with van der Waals surface area (Å²) in [4.78, 5) is 0. The first kappa shape index (κ1) is 22.0. The normalized spacial score (nSPS) is 29.2. The molecule has 32 heavy (non-hydrogen) atoms. The van der Waals surface area contributed by atoms with Crippen molar-refractivity contribution >= 4 is 11.6 Å². The van der Waals surface area contributed by atoms with Gasteiger partial charge in [-0.3, -0.25) is 0 Å². The molecule has 4 aliphatic rings. The van der Waals surface area contributed by atoms with Gasteiger partial charge >= 0.3 is 0 Å². The highest BCUT2D eigenvalue weighted by molar-refractivity contribution is 6.32. The van der Waals surface area contributed by atoms with Crippen LogP contribution in [0.15, 0.2) is 36.4 Å². The minimum absolute atomic E-state index is 0.260. The maximum Gasteiger partial charge on any atom is 0.180 e. The summed E-state index contributed by atoms with van der Waals surface area (Å²) in [6.07, 6.45) is 8.60. The number of hydrogen-bond acceptors (Lipinski definition) is 3. The van der Waals surface area contributed by atoms with E-state index in [0.29, 0.717) is 34.6 Å². The van der Waals surface area contributed by atoms with E-state index in [1.54, 1.807) is 19.2 Å². The van der Waals surface area contributed by atoms with E-state index in [4.69, 9.17) is 21.1 Å². The zero-order chi connectivity index (χ0) is 22.3. The van der Waals surface area contributed by atoms with Crippen molar-refractivity contribution in [2.75, 3.05) is 7.11 Å². The molecule has 0 radical (unpaired) electrons. The van der Waals surface area contributed by atoms with Crippen molar-refractivity contribution in [3.8, 4) is 11.5 Å². The molecular weight excluding hydrogens is 425 g/mol. The first-order chi connectivity index (χ1) is 15.4. The van der Waals surface area contributed by atoms with Crippen molar-refractivity contribution in [3.05, 3.63) is 58.4 Å². The molecular formula is C27H33ClFNO2. The zero-order valence-electron chi connectivity index (χ0n) is 19.0. The number of nitrogens with one attached hydrogen (secondary N) is 1. The predicted molar refractivity (Wildman–Crippen MR) is 126 cm³/mol. The van der Waals surface area contributed by atoms with Crippen LogP contribution in [0.1, 0.15) is 56.6 Å². The lowest BCUT2D eigenvalue weighted by Crippen LogP contribution is -2.54. The average Bonchev–Trinajstić information content (AvgIpc) is 2.76. The summed E-state index contributed by atoms with van der Waals surface area (Å²) < 4.78 is 24.6. The maximum absolute atomic E-state index is 13.1. The first-order valence-electron chi connectivity index (χ1n) is 11.9. The summed E-state index contributed by atoms with van der Waals surface area (Å²) in [5, 5.41) is 4.36. The summed E-state index contributed by atoms with van der Waals surface area (Å²) in [6, 6.07) is 10.7. The van der Waals surface area contributed by atoms with Crippen molar-refractivity contribution in [2.24, 2.45) is 23.2 Å². The molecule has 1 unspecified atom stereocenters. The third kappa shape index (κ3) is 4.36. The van der Waals surface area contributed by atoms with Gasteiger partial charge in [-0.1, -0.05) is 23.7 Å². The molecule has 2 aromatic carbocycles. The quantitative estimate of drug-likeness (QED) is 0.475. The van der Waals surface area contributed by atoms with Crippen LogP contribution in [0.25, 0.3) is 0 Å². The van der Waals surface area contributed by atoms with Crippen LogP contribution in [0.3, 0.4) is 0 Å². The molecule has 0 saturated heterocycles. The molecule has 0 heterocycles. The summed E-state index contributed by atoms with van der Waals surface area (Å²) >= 11 is 6.58. The third-order valence-electron chi connectivity index (χ3n) is 8.20. The molecule has 0 spiro atoms. The van der Waals surface area contributed by atoms with E-state index in [2.05, 4.69) is 12.2 Å². The van der Waals surface area contributed by atoms with Crippen molar-refractivity contribution in [2.45, 2.75) is 64.6 Å². The number of benzene rings is 2. The topological polar surface area (TPSA) is 30.5 Å². The second kappa shape index (κ2) is 8.87. The van der Waals surface area contributed by atoms with Gasteiger partial charge in [0.25, 0.3) is 0 Å². The molecule has 2 aromatic rings. The van der Waals surface area contributed by atoms with E-state index in [0.717, 1.165) is 35.4 Å². The molecule has 6 rings (SSSR count). The van der Waals surface area contributed by atoms with Crippen LogP contribution >= 0.6 is 11.6 Å². The Kier molecular flexibility index (Phi) is 6.11. The number of ether oxygens (including phenoxy) is 2. The van der Waals surface area contributed by atoms with Gasteiger partial charge in [-0.05, 0) is 104 Å². The number of rotatable bonds is 8. The zero-order valence-corrected chi connectivity index (χ0v) is 19.8. The van der Waals surface area contributed by atoms with Crippen molar-refractivity contribution < 1.29 is 13.9 Å². The first-order valence-corrected chi connectivity index (χ1v) is 12.3. The molecule has 3 nitrogen and oxygen atoms in total. The SMILES string of the molecule is COc1cc(CNC(C)C23CC4CC(CC(C4)C2)C3)cc(Cl)c1OCc1ccc(F)cc1. The third-order valence-corrected chi connectivity index (χ3v) is 8.48. The fourth-order valence-electron chi connectivity index (χ4n) is 6.95. The van der Waals surface area contributed by atoms with E-state index in [9.17, 15) is 4.39 Å². The van der Waals surface area contributed by atoms with Gasteiger partial charge in [0, 0.05) is 12.6 Å². The number of methoxy groups -OCH3 is 1. The lowest BCUT2D eigenvalue weighted by atomic mass is 9.48. The fourth-order valence-corrected chi connectivity index (χ4v) is 7.23. The van der Waals surface area contributed by atoms with Crippen LogP contribution in [-0.2, 0) is 13.2 Å². The molecule has 1 atom stereocenters. The second-order valence-electron chi connectivity index (χ2n) is 10.4. The van der Waals surface area contributed by atoms with Crippen LogP contribution in [0.2, 0.25) is 5.02 Å². The minimum Gasteiger partial charge on any atom is -0.493 e. The molecule has 5 heteroatoms. The van der Waals surface area contributed by atoms with Crippen molar-refractivity contribution in [1.82, 2.24) is 5.32 Å². The summed E-state index contributed by atoms with van der Waals surface area (Å²) in [7, 11) is 1.63. The Labute approximate surface area is 195 Å². The smallest absolute Gasteiger partial charge is 0.180 e. The van der Waals surface area contributed by atoms with Crippen LogP contribution < -0.4 is 14.8 Å². The maximum atomic E-state index is 13.1. The van der Waals surface area contributed by atoms with Gasteiger partial charge in [0.2, 0.25) is 0 Å². The predicted octanol–water partition coefficient (Wildman–Crippen LogP) is 6.76. The van der Waals surface area contributed by atoms with Gasteiger partial charge in [-0.15, -0.1) is 0 Å². The van der Waals surface area contributed by atoms with E-state index in [-0.39, 0.29) is 5.82 Å². The Bertz CT molecular complexity index is 926. The van der Waals surface area contributed by atoms with Gasteiger partial charge in [-0.25, -0.2) is 4.39 Å². The van der Waals surface area contributed by atoms with Crippen molar-refractivity contribution in [1.29, 1.82) is 0 Å². The van der Waals surface area contributed by atoms with Crippen LogP contribution in [0.4, 0.5) is 4.39 Å². The molecule has 0 aliphatic heterocycles. The Morgan fingerprint density at radius 1 is 1.03 bits per heavy atom. The summed E-state index contributed by atoms with van der Waals surface area (Å²) in [5.74, 6) is 3.76. The van der Waals surface area contributed by atoms with E-state index < -0.39 is 0 Å². The molecule has 0 amide bonds. The molecule has 4 fully saturated rings. The van der Waals surface area contributed by atoms with Gasteiger partial charge < -0.3 is 14.8 Å². The van der Waals surface area contributed by atoms with E-state index in [1.807, 2.05) is 12.1 Å². The highest BCUT2D eigenvalue weighted by atomic mass is 35.5. The molecule has 0 aromatic heterocycles. The monoisotopic (exact) mass is 457 g/mol. The standard InChI is InChI=1S/C27H33ClFNO2/c1-17(27-12-19-7-20(13-27)9-21(8-19)14-27)30-15-22-10-24(28)26(25(11-22)31-2)32-16-18-3-5-23(29)6-4-18/h3-6,10-11,17,19-21,30H,7-9,12-16H2,1-2H3. The van der Waals surface area contributed by atoms with Gasteiger partial charge in [0.15, 0.2) is 11.5 Å². The average molecular weight is 458 g/mol. The molecule has 4 saturated carbocycles. The van der Waals surface area contributed by atoms with Gasteiger partial charge in [0.05, 0.1) is 12.1 Å². The minimum atomic E-state index is -0.260. The van der Waals surface area contributed by atoms with E-state index in [1.165, 1.54) is 50.7 Å². The highest BCUT2D eigenvalue weighted by Crippen LogP contribution is 2.61. The number of halogens is 2. The Balaban J connectivity index is 1.24. The highest BCUT2D eigenvalue weighted by Gasteiger charge is 2.52. The Hall–Kier alpha value is -1.78. The molecule has 4 bridgehead atoms. The van der Waals surface area contributed by atoms with Gasteiger partial charge in [0.1, 0.15) is 12.4 Å². The van der Waals surface area contributed by atoms with Crippen LogP contribution in [-0.4, -0.2) is 13.2 Å². The molecule has 4 aliphatic carbocycles. The lowest BCUT2D eigenvalue weighted by Gasteiger charge is -2.59. The van der Waals surface area contributed by atoms with Crippen LogP contribution in [0.5, 0.6) is 11.5 Å². The lowest BCUT2D eigenvalue weighted by molar-refractivity contribution is -0.0706. The Morgan fingerprint density at radius 2 is 1.66 bits per heavy atom.